The number of nitrogens with zero attached hydrogens (tertiary/aromatic N) is 3. The molecule has 0 fully saturated rings. The number of hydrogen-bond acceptors (Lipinski definition) is 3. The van der Waals surface area contributed by atoms with Gasteiger partial charge in [-0.1, -0.05) is 11.6 Å². The monoisotopic (exact) mass is 222 g/mol. The molecule has 0 aliphatic heterocycles. The summed E-state index contributed by atoms with van der Waals surface area (Å²) in [5, 5.41) is 7.95. The van der Waals surface area contributed by atoms with Crippen LogP contribution in [0.2, 0.25) is 5.15 Å². The molecule has 2 rings (SSSR count). The van der Waals surface area contributed by atoms with E-state index in [-0.39, 0.29) is 0 Å². The van der Waals surface area contributed by atoms with Gasteiger partial charge in [0.05, 0.1) is 24.1 Å². The number of nitrogens with one attached hydrogen (secondary N) is 1. The van der Waals surface area contributed by atoms with Crippen LogP contribution in [0.1, 0.15) is 5.69 Å². The van der Waals surface area contributed by atoms with Crippen LogP contribution in [-0.4, -0.2) is 14.8 Å². The molecular formula is C10H11ClN4. The SMILES string of the molecule is Cn1ccc(CNc2ccc(Cl)nc2)n1. The van der Waals surface area contributed by atoms with Crippen LogP contribution >= 0.6 is 11.6 Å². The zero-order valence-electron chi connectivity index (χ0n) is 8.31. The Hall–Kier alpha value is -1.55. The molecule has 1 N–H and O–H groups in total. The summed E-state index contributed by atoms with van der Waals surface area (Å²) in [4.78, 5) is 3.97. The Labute approximate surface area is 92.9 Å². The van der Waals surface area contributed by atoms with Crippen LogP contribution in [0.4, 0.5) is 5.69 Å². The second-order valence-electron chi connectivity index (χ2n) is 3.20. The number of aromatic nitrogens is 3. The van der Waals surface area contributed by atoms with E-state index in [0.29, 0.717) is 11.7 Å². The van der Waals surface area contributed by atoms with Gasteiger partial charge in [0.25, 0.3) is 0 Å². The second kappa shape index (κ2) is 4.31. The Morgan fingerprint density at radius 2 is 2.27 bits per heavy atom. The van der Waals surface area contributed by atoms with Crippen molar-refractivity contribution in [2.75, 3.05) is 5.32 Å². The van der Waals surface area contributed by atoms with Gasteiger partial charge >= 0.3 is 0 Å². The number of pyridine rings is 1. The third-order valence-corrected chi connectivity index (χ3v) is 2.19. The number of halogens is 1. The van der Waals surface area contributed by atoms with Gasteiger partial charge in [-0.25, -0.2) is 4.98 Å². The summed E-state index contributed by atoms with van der Waals surface area (Å²) < 4.78 is 1.77. The molecule has 2 heterocycles. The molecule has 0 atom stereocenters. The topological polar surface area (TPSA) is 42.7 Å². The molecule has 0 aromatic carbocycles. The van der Waals surface area contributed by atoms with Crippen molar-refractivity contribution in [3.8, 4) is 0 Å². The predicted octanol–water partition coefficient (Wildman–Crippen LogP) is 2.08. The fraction of sp³-hybridized carbons (Fsp3) is 0.200. The van der Waals surface area contributed by atoms with Crippen molar-refractivity contribution in [3.05, 3.63) is 41.4 Å². The first-order valence-electron chi connectivity index (χ1n) is 4.58. The minimum absolute atomic E-state index is 0.499. The van der Waals surface area contributed by atoms with Gasteiger partial charge in [0.15, 0.2) is 0 Å². The number of rotatable bonds is 3. The van der Waals surface area contributed by atoms with Crippen molar-refractivity contribution >= 4 is 17.3 Å². The van der Waals surface area contributed by atoms with E-state index in [4.69, 9.17) is 11.6 Å². The third kappa shape index (κ3) is 2.70. The first-order valence-corrected chi connectivity index (χ1v) is 4.96. The lowest BCUT2D eigenvalue weighted by molar-refractivity contribution is 0.747. The molecule has 0 aliphatic carbocycles. The Morgan fingerprint density at radius 3 is 2.87 bits per heavy atom. The summed E-state index contributed by atoms with van der Waals surface area (Å²) in [6.07, 6.45) is 3.61. The lowest BCUT2D eigenvalue weighted by Crippen LogP contribution is -2.01. The average molecular weight is 223 g/mol. The Bertz CT molecular complexity index is 435. The zero-order valence-corrected chi connectivity index (χ0v) is 9.07. The minimum Gasteiger partial charge on any atom is -0.378 e. The van der Waals surface area contributed by atoms with Gasteiger partial charge in [0.2, 0.25) is 0 Å². The van der Waals surface area contributed by atoms with Gasteiger partial charge < -0.3 is 5.32 Å². The van der Waals surface area contributed by atoms with Gasteiger partial charge in [0, 0.05) is 13.2 Å². The number of anilines is 1. The van der Waals surface area contributed by atoms with Crippen LogP contribution in [0, 0.1) is 0 Å². The summed E-state index contributed by atoms with van der Waals surface area (Å²) in [6.45, 7) is 0.685. The van der Waals surface area contributed by atoms with Crippen molar-refractivity contribution in [1.29, 1.82) is 0 Å². The van der Waals surface area contributed by atoms with E-state index >= 15 is 0 Å². The van der Waals surface area contributed by atoms with E-state index in [0.717, 1.165) is 11.4 Å². The molecule has 0 saturated carbocycles. The molecule has 4 nitrogen and oxygen atoms in total. The third-order valence-electron chi connectivity index (χ3n) is 1.97. The first kappa shape index (κ1) is 9.98. The Morgan fingerprint density at radius 1 is 1.40 bits per heavy atom. The molecule has 78 valence electrons. The molecule has 15 heavy (non-hydrogen) atoms. The maximum atomic E-state index is 5.68. The van der Waals surface area contributed by atoms with Crippen LogP contribution in [0.15, 0.2) is 30.6 Å². The molecule has 5 heteroatoms. The highest BCUT2D eigenvalue weighted by atomic mass is 35.5. The van der Waals surface area contributed by atoms with Crippen molar-refractivity contribution in [2.24, 2.45) is 7.05 Å². The van der Waals surface area contributed by atoms with Crippen LogP contribution in [0.3, 0.4) is 0 Å². The van der Waals surface area contributed by atoms with E-state index in [1.165, 1.54) is 0 Å². The molecule has 0 bridgehead atoms. The normalized spacial score (nSPS) is 10.3. The van der Waals surface area contributed by atoms with Gasteiger partial charge in [0.1, 0.15) is 5.15 Å². The molecule has 0 radical (unpaired) electrons. The summed E-state index contributed by atoms with van der Waals surface area (Å²) >= 11 is 5.68. The van der Waals surface area contributed by atoms with Gasteiger partial charge in [-0.05, 0) is 18.2 Å². The first-order chi connectivity index (χ1) is 7.24. The van der Waals surface area contributed by atoms with E-state index in [2.05, 4.69) is 15.4 Å². The summed E-state index contributed by atoms with van der Waals surface area (Å²) in [6, 6.07) is 5.61. The van der Waals surface area contributed by atoms with E-state index < -0.39 is 0 Å². The zero-order chi connectivity index (χ0) is 10.7. The molecular weight excluding hydrogens is 212 g/mol. The largest absolute Gasteiger partial charge is 0.378 e. The molecule has 0 saturated heterocycles. The Balaban J connectivity index is 1.96. The van der Waals surface area contributed by atoms with Crippen LogP contribution in [-0.2, 0) is 13.6 Å². The highest BCUT2D eigenvalue weighted by molar-refractivity contribution is 6.29. The second-order valence-corrected chi connectivity index (χ2v) is 3.59. The van der Waals surface area contributed by atoms with Crippen LogP contribution in [0.5, 0.6) is 0 Å². The van der Waals surface area contributed by atoms with E-state index in [1.807, 2.05) is 25.4 Å². The molecule has 2 aromatic rings. The molecule has 0 spiro atoms. The maximum Gasteiger partial charge on any atom is 0.129 e. The molecule has 0 aliphatic rings. The minimum atomic E-state index is 0.499. The maximum absolute atomic E-state index is 5.68. The quantitative estimate of drug-likeness (QED) is 0.809. The summed E-state index contributed by atoms with van der Waals surface area (Å²) in [5.74, 6) is 0. The van der Waals surface area contributed by atoms with Crippen molar-refractivity contribution in [1.82, 2.24) is 14.8 Å². The fourth-order valence-corrected chi connectivity index (χ4v) is 1.34. The number of aryl methyl sites for hydroxylation is 1. The molecule has 0 amide bonds. The lowest BCUT2D eigenvalue weighted by Gasteiger charge is -2.03. The predicted molar refractivity (Wildman–Crippen MR) is 59.8 cm³/mol. The van der Waals surface area contributed by atoms with E-state index in [9.17, 15) is 0 Å². The van der Waals surface area contributed by atoms with E-state index in [1.54, 1.807) is 16.9 Å². The van der Waals surface area contributed by atoms with Crippen molar-refractivity contribution in [3.63, 3.8) is 0 Å². The van der Waals surface area contributed by atoms with Crippen LogP contribution in [0.25, 0.3) is 0 Å². The fourth-order valence-electron chi connectivity index (χ4n) is 1.23. The number of hydrogen-bond donors (Lipinski definition) is 1. The van der Waals surface area contributed by atoms with Crippen LogP contribution < -0.4 is 5.32 Å². The summed E-state index contributed by atoms with van der Waals surface area (Å²) in [7, 11) is 1.90. The smallest absolute Gasteiger partial charge is 0.129 e. The van der Waals surface area contributed by atoms with Gasteiger partial charge in [-0.15, -0.1) is 0 Å². The van der Waals surface area contributed by atoms with Gasteiger partial charge in [-0.2, -0.15) is 5.10 Å². The highest BCUT2D eigenvalue weighted by Gasteiger charge is 1.97. The molecule has 0 unspecified atom stereocenters. The Kier molecular flexibility index (Phi) is 2.87. The highest BCUT2D eigenvalue weighted by Crippen LogP contribution is 2.10. The van der Waals surface area contributed by atoms with Crippen molar-refractivity contribution < 1.29 is 0 Å². The van der Waals surface area contributed by atoms with Gasteiger partial charge in [-0.3, -0.25) is 4.68 Å². The lowest BCUT2D eigenvalue weighted by atomic mass is 10.4. The standard InChI is InChI=1S/C10H11ClN4/c1-15-5-4-9(14-15)7-12-8-2-3-10(11)13-6-8/h2-6,12H,7H2,1H3. The molecule has 2 aromatic heterocycles. The average Bonchev–Trinajstić information content (AvgIpc) is 2.64. The summed E-state index contributed by atoms with van der Waals surface area (Å²) in [5.41, 5.74) is 1.93. The van der Waals surface area contributed by atoms with Crippen molar-refractivity contribution in [2.45, 2.75) is 6.54 Å².